The Morgan fingerprint density at radius 2 is 1.81 bits per heavy atom. The third-order valence-electron chi connectivity index (χ3n) is 5.86. The fraction of sp³-hybridized carbons (Fsp3) is 0.320. The van der Waals surface area contributed by atoms with E-state index in [1.165, 1.54) is 6.07 Å². The van der Waals surface area contributed by atoms with Crippen molar-refractivity contribution >= 4 is 22.8 Å². The molecule has 168 valence electrons. The predicted molar refractivity (Wildman–Crippen MR) is 120 cm³/mol. The van der Waals surface area contributed by atoms with Gasteiger partial charge in [0, 0.05) is 49.5 Å². The molecule has 4 rings (SSSR count). The van der Waals surface area contributed by atoms with Gasteiger partial charge in [-0.1, -0.05) is 30.0 Å². The zero-order valence-electron chi connectivity index (χ0n) is 18.6. The van der Waals surface area contributed by atoms with E-state index >= 15 is 0 Å². The third-order valence-corrected chi connectivity index (χ3v) is 5.86. The lowest BCUT2D eigenvalue weighted by molar-refractivity contribution is -0.914. The molecule has 0 bridgehead atoms. The Morgan fingerprint density at radius 3 is 2.53 bits per heavy atom. The fourth-order valence-corrected chi connectivity index (χ4v) is 4.13. The van der Waals surface area contributed by atoms with Crippen LogP contribution in [0.15, 0.2) is 48.4 Å². The van der Waals surface area contributed by atoms with Crippen molar-refractivity contribution in [3.63, 3.8) is 0 Å². The molecule has 7 nitrogen and oxygen atoms in total. The number of hydrogen-bond acceptors (Lipinski definition) is 5. The van der Waals surface area contributed by atoms with Crippen LogP contribution in [0.2, 0.25) is 0 Å². The molecule has 2 heterocycles. The van der Waals surface area contributed by atoms with Gasteiger partial charge in [-0.25, -0.2) is 0 Å². The first kappa shape index (κ1) is 22.1. The highest BCUT2D eigenvalue weighted by Crippen LogP contribution is 2.38. The van der Waals surface area contributed by atoms with E-state index in [4.69, 9.17) is 14.2 Å². The van der Waals surface area contributed by atoms with Crippen molar-refractivity contribution in [2.45, 2.75) is 6.54 Å². The lowest BCUT2D eigenvalue weighted by Crippen LogP contribution is -3.11. The molecule has 0 atom stereocenters. The zero-order valence-corrected chi connectivity index (χ0v) is 18.6. The monoisotopic (exact) mass is 436 g/mol. The summed E-state index contributed by atoms with van der Waals surface area (Å²) in [5, 5.41) is 13.8. The van der Waals surface area contributed by atoms with Gasteiger partial charge in [-0.2, -0.15) is 0 Å². The number of methoxy groups -OCH3 is 2. The van der Waals surface area contributed by atoms with Crippen LogP contribution in [0.25, 0.3) is 17.0 Å². The summed E-state index contributed by atoms with van der Waals surface area (Å²) >= 11 is 0. The number of carbonyl (C=O) groups is 1. The van der Waals surface area contributed by atoms with Crippen LogP contribution in [0.5, 0.6) is 11.5 Å². The molecule has 0 amide bonds. The van der Waals surface area contributed by atoms with Gasteiger partial charge in [-0.3, -0.25) is 4.79 Å². The largest absolute Gasteiger partial charge is 0.872 e. The average molecular weight is 437 g/mol. The number of nitrogens with zero attached hydrogens (tertiary/aromatic N) is 1. The number of Topliss-reactive ketones (excluding diaryl/α,β-unsaturated/α-hetero) is 1. The van der Waals surface area contributed by atoms with Crippen LogP contribution < -0.4 is 14.7 Å². The Balaban J connectivity index is 1.66. The molecule has 7 heteroatoms. The Labute approximate surface area is 187 Å². The van der Waals surface area contributed by atoms with Gasteiger partial charge < -0.3 is 28.8 Å². The number of nitrogens with one attached hydrogen (secondary N) is 1. The molecule has 2 aromatic carbocycles. The van der Waals surface area contributed by atoms with Gasteiger partial charge in [-0.05, 0) is 18.2 Å². The number of rotatable bonds is 9. The molecule has 1 aromatic heterocycles. The summed E-state index contributed by atoms with van der Waals surface area (Å²) in [5.41, 5.74) is 2.92. The molecule has 0 saturated heterocycles. The summed E-state index contributed by atoms with van der Waals surface area (Å²) in [6, 6.07) is 11.0. The van der Waals surface area contributed by atoms with Crippen molar-refractivity contribution in [2.75, 3.05) is 40.5 Å². The van der Waals surface area contributed by atoms with E-state index in [0.29, 0.717) is 36.6 Å². The van der Waals surface area contributed by atoms with Crippen LogP contribution in [-0.2, 0) is 23.1 Å². The number of quaternary nitrogens is 1. The number of ketones is 1. The summed E-state index contributed by atoms with van der Waals surface area (Å²) in [6.07, 6.45) is 3.73. The summed E-state index contributed by atoms with van der Waals surface area (Å²) in [7, 11) is 5.27. The molecule has 1 N–H and O–H groups in total. The molecule has 0 unspecified atom stereocenters. The van der Waals surface area contributed by atoms with Crippen LogP contribution in [0.4, 0.5) is 0 Å². The SMILES string of the molecule is COCC[NH+](CCOC)Cc1c([O-])ccc2c1O/C(=C/c1cn(C)c3ccccc13)C2=O. The molecule has 0 saturated carbocycles. The second kappa shape index (κ2) is 9.56. The Kier molecular flexibility index (Phi) is 6.60. The van der Waals surface area contributed by atoms with Crippen LogP contribution in [0.1, 0.15) is 21.5 Å². The number of allylic oxidation sites excluding steroid dienone is 1. The number of benzene rings is 2. The first-order chi connectivity index (χ1) is 15.5. The Bertz CT molecular complexity index is 1160. The Morgan fingerprint density at radius 1 is 1.09 bits per heavy atom. The maximum Gasteiger partial charge on any atom is 0.231 e. The summed E-state index contributed by atoms with van der Waals surface area (Å²) in [5.74, 6) is 0.277. The minimum Gasteiger partial charge on any atom is -0.872 e. The highest BCUT2D eigenvalue weighted by atomic mass is 16.5. The molecule has 0 fully saturated rings. The van der Waals surface area contributed by atoms with Gasteiger partial charge in [-0.15, -0.1) is 0 Å². The fourth-order valence-electron chi connectivity index (χ4n) is 4.13. The van der Waals surface area contributed by atoms with E-state index in [1.54, 1.807) is 26.4 Å². The number of para-hydroxylation sites is 1. The first-order valence-electron chi connectivity index (χ1n) is 10.7. The molecule has 3 aromatic rings. The predicted octanol–water partition coefficient (Wildman–Crippen LogP) is 1.55. The van der Waals surface area contributed by atoms with Crippen LogP contribution in [-0.4, -0.2) is 50.9 Å². The maximum absolute atomic E-state index is 13.1. The molecule has 1 aliphatic heterocycles. The standard InChI is InChI=1S/C25H28N2O5/c1-26-15-17(18-6-4-5-7-21(18)26)14-23-24(29)19-8-9-22(28)20(25(19)32-23)16-27(10-12-30-2)11-13-31-3/h4-9,14-15,28H,10-13,16H2,1-3H3/b23-14+. The van der Waals surface area contributed by atoms with Crippen molar-refractivity contribution < 1.29 is 29.0 Å². The van der Waals surface area contributed by atoms with Crippen molar-refractivity contribution in [3.05, 3.63) is 65.0 Å². The maximum atomic E-state index is 13.1. The van der Waals surface area contributed by atoms with E-state index in [1.807, 2.05) is 42.1 Å². The van der Waals surface area contributed by atoms with Gasteiger partial charge in [0.2, 0.25) is 5.78 Å². The van der Waals surface area contributed by atoms with Crippen LogP contribution >= 0.6 is 0 Å². The minimum absolute atomic E-state index is 0.129. The summed E-state index contributed by atoms with van der Waals surface area (Å²) in [4.78, 5) is 14.2. The smallest absolute Gasteiger partial charge is 0.231 e. The number of hydrogen-bond donors (Lipinski definition) is 1. The second-order valence-electron chi connectivity index (χ2n) is 7.98. The summed E-state index contributed by atoms with van der Waals surface area (Å²) in [6.45, 7) is 3.00. The molecule has 0 radical (unpaired) electrons. The molecular weight excluding hydrogens is 408 g/mol. The molecule has 0 aliphatic carbocycles. The van der Waals surface area contributed by atoms with Gasteiger partial charge >= 0.3 is 0 Å². The van der Waals surface area contributed by atoms with Gasteiger partial charge in [0.15, 0.2) is 5.76 Å². The topological polar surface area (TPSA) is 77.2 Å². The van der Waals surface area contributed by atoms with E-state index < -0.39 is 0 Å². The van der Waals surface area contributed by atoms with Crippen LogP contribution in [0, 0.1) is 0 Å². The van der Waals surface area contributed by atoms with E-state index in [0.717, 1.165) is 34.5 Å². The van der Waals surface area contributed by atoms with Gasteiger partial charge in [0.1, 0.15) is 25.4 Å². The number of carbonyl (C=O) groups excluding carboxylic acids is 1. The van der Waals surface area contributed by atoms with Crippen molar-refractivity contribution in [1.82, 2.24) is 4.57 Å². The molecule has 32 heavy (non-hydrogen) atoms. The van der Waals surface area contributed by atoms with Crippen molar-refractivity contribution in [3.8, 4) is 11.5 Å². The lowest BCUT2D eigenvalue weighted by atomic mass is 10.0. The van der Waals surface area contributed by atoms with E-state index in [9.17, 15) is 9.90 Å². The average Bonchev–Trinajstić information content (AvgIpc) is 3.29. The number of aryl methyl sites for hydroxylation is 1. The molecular formula is C25H28N2O5. The summed E-state index contributed by atoms with van der Waals surface area (Å²) < 4.78 is 18.5. The zero-order chi connectivity index (χ0) is 22.7. The minimum atomic E-state index is -0.204. The van der Waals surface area contributed by atoms with E-state index in [-0.39, 0.29) is 17.3 Å². The second-order valence-corrected chi connectivity index (χ2v) is 7.98. The highest BCUT2D eigenvalue weighted by molar-refractivity contribution is 6.15. The first-order valence-corrected chi connectivity index (χ1v) is 10.7. The highest BCUT2D eigenvalue weighted by Gasteiger charge is 2.31. The molecule has 0 spiro atoms. The number of aromatic nitrogens is 1. The van der Waals surface area contributed by atoms with Gasteiger partial charge in [0.25, 0.3) is 0 Å². The van der Waals surface area contributed by atoms with Crippen molar-refractivity contribution in [1.29, 1.82) is 0 Å². The lowest BCUT2D eigenvalue weighted by Gasteiger charge is -2.23. The quantitative estimate of drug-likeness (QED) is 0.515. The van der Waals surface area contributed by atoms with Gasteiger partial charge in [0.05, 0.1) is 18.8 Å². The third kappa shape index (κ3) is 4.27. The van der Waals surface area contributed by atoms with Crippen LogP contribution in [0.3, 0.4) is 0 Å². The van der Waals surface area contributed by atoms with Crippen molar-refractivity contribution in [2.24, 2.45) is 7.05 Å². The molecule has 1 aliphatic rings. The van der Waals surface area contributed by atoms with E-state index in [2.05, 4.69) is 0 Å². The number of ether oxygens (including phenoxy) is 3. The normalized spacial score (nSPS) is 14.5. The number of fused-ring (bicyclic) bond motifs is 2. The Hall–Kier alpha value is -3.13.